The third kappa shape index (κ3) is 2.76. The van der Waals surface area contributed by atoms with Gasteiger partial charge in [0, 0.05) is 0 Å². The summed E-state index contributed by atoms with van der Waals surface area (Å²) in [5.74, 6) is -0.509. The van der Waals surface area contributed by atoms with Crippen LogP contribution in [0.1, 0.15) is 42.4 Å². The molecule has 6 heteroatoms. The number of aliphatic hydroxyl groups is 1. The fraction of sp³-hybridized carbons (Fsp3) is 0.583. The molecule has 0 radical (unpaired) electrons. The number of hydrogen-bond donors (Lipinski definition) is 3. The topological polar surface area (TPSA) is 95.1 Å². The number of aromatic nitrogens is 2. The number of nitrogens with zero attached hydrogens (tertiary/aromatic N) is 1. The van der Waals surface area contributed by atoms with E-state index in [4.69, 9.17) is 0 Å². The lowest BCUT2D eigenvalue weighted by Crippen LogP contribution is -2.52. The number of hydrogen-bond acceptors (Lipinski definition) is 4. The smallest absolute Gasteiger partial charge is 0.277 e. The molecule has 1 amide bonds. The summed E-state index contributed by atoms with van der Waals surface area (Å²) in [5, 5.41) is 18.3. The third-order valence-corrected chi connectivity index (χ3v) is 3.18. The second-order valence-corrected chi connectivity index (χ2v) is 4.99. The minimum absolute atomic E-state index is 0.0382. The van der Waals surface area contributed by atoms with Crippen LogP contribution in [0.5, 0.6) is 0 Å². The Kier molecular flexibility index (Phi) is 3.91. The zero-order valence-corrected chi connectivity index (χ0v) is 11.3. The summed E-state index contributed by atoms with van der Waals surface area (Å²) in [7, 11) is 0. The van der Waals surface area contributed by atoms with Crippen molar-refractivity contribution in [2.45, 2.75) is 46.3 Å². The maximum atomic E-state index is 12.1. The van der Waals surface area contributed by atoms with Crippen molar-refractivity contribution in [2.24, 2.45) is 0 Å². The molecule has 18 heavy (non-hydrogen) atoms. The first-order chi connectivity index (χ1) is 8.16. The summed E-state index contributed by atoms with van der Waals surface area (Å²) in [4.78, 5) is 23.7. The van der Waals surface area contributed by atoms with Crippen LogP contribution in [0.3, 0.4) is 0 Å². The van der Waals surface area contributed by atoms with Crippen LogP contribution in [0.25, 0.3) is 0 Å². The molecule has 0 bridgehead atoms. The number of H-pyrrole nitrogens is 1. The zero-order chi connectivity index (χ0) is 14.1. The fourth-order valence-electron chi connectivity index (χ4n) is 1.36. The lowest BCUT2D eigenvalue weighted by Gasteiger charge is -2.29. The second-order valence-electron chi connectivity index (χ2n) is 4.99. The number of carbonyl (C=O) groups is 1. The van der Waals surface area contributed by atoms with E-state index in [2.05, 4.69) is 15.5 Å². The molecule has 0 saturated heterocycles. The van der Waals surface area contributed by atoms with Crippen LogP contribution < -0.4 is 10.9 Å². The summed E-state index contributed by atoms with van der Waals surface area (Å²) in [6.07, 6.45) is -0.733. The highest BCUT2D eigenvalue weighted by atomic mass is 16.3. The van der Waals surface area contributed by atoms with E-state index >= 15 is 0 Å². The fourth-order valence-corrected chi connectivity index (χ4v) is 1.36. The number of aryl methyl sites for hydroxylation is 1. The standard InChI is InChI=1S/C12H19N3O3/c1-6-7(2)14-15-11(18)9(6)10(17)13-12(4,5)8(3)16/h8,16H,1-5H3,(H,13,17)(H,15,18). The van der Waals surface area contributed by atoms with Gasteiger partial charge in [-0.05, 0) is 40.2 Å². The molecule has 6 nitrogen and oxygen atoms in total. The van der Waals surface area contributed by atoms with E-state index in [1.54, 1.807) is 34.6 Å². The van der Waals surface area contributed by atoms with Crippen LogP contribution in [-0.2, 0) is 0 Å². The van der Waals surface area contributed by atoms with Crippen LogP contribution in [0.2, 0.25) is 0 Å². The Labute approximate surface area is 105 Å². The van der Waals surface area contributed by atoms with Crippen molar-refractivity contribution < 1.29 is 9.90 Å². The summed E-state index contributed by atoms with van der Waals surface area (Å²) in [6.45, 7) is 8.33. The van der Waals surface area contributed by atoms with Crippen molar-refractivity contribution >= 4 is 5.91 Å². The first-order valence-electron chi connectivity index (χ1n) is 5.73. The van der Waals surface area contributed by atoms with E-state index in [1.165, 1.54) is 0 Å². The van der Waals surface area contributed by atoms with Gasteiger partial charge in [0.25, 0.3) is 11.5 Å². The molecule has 0 aromatic carbocycles. The Morgan fingerprint density at radius 2 is 2.00 bits per heavy atom. The maximum Gasteiger partial charge on any atom is 0.277 e. The van der Waals surface area contributed by atoms with E-state index in [-0.39, 0.29) is 5.56 Å². The van der Waals surface area contributed by atoms with E-state index in [9.17, 15) is 14.7 Å². The van der Waals surface area contributed by atoms with Gasteiger partial charge >= 0.3 is 0 Å². The highest BCUT2D eigenvalue weighted by Gasteiger charge is 2.28. The molecule has 1 unspecified atom stereocenters. The minimum atomic E-state index is -0.812. The molecule has 0 aliphatic heterocycles. The molecule has 1 aromatic rings. The van der Waals surface area contributed by atoms with Crippen molar-refractivity contribution in [3.63, 3.8) is 0 Å². The van der Waals surface area contributed by atoms with Gasteiger partial charge in [0.2, 0.25) is 0 Å². The number of amides is 1. The predicted molar refractivity (Wildman–Crippen MR) is 67.6 cm³/mol. The molecular formula is C12H19N3O3. The number of aromatic amines is 1. The van der Waals surface area contributed by atoms with Crippen molar-refractivity contribution in [1.82, 2.24) is 15.5 Å². The van der Waals surface area contributed by atoms with Crippen LogP contribution in [0.4, 0.5) is 0 Å². The minimum Gasteiger partial charge on any atom is -0.391 e. The molecule has 0 aliphatic carbocycles. The van der Waals surface area contributed by atoms with Gasteiger partial charge in [-0.15, -0.1) is 0 Å². The van der Waals surface area contributed by atoms with E-state index < -0.39 is 23.1 Å². The molecule has 0 aliphatic rings. The Balaban J connectivity index is 3.14. The van der Waals surface area contributed by atoms with Gasteiger partial charge in [-0.25, -0.2) is 5.10 Å². The summed E-state index contributed by atoms with van der Waals surface area (Å²) in [6, 6.07) is 0. The first-order valence-corrected chi connectivity index (χ1v) is 5.73. The molecule has 0 fully saturated rings. The first kappa shape index (κ1) is 14.4. The molecule has 1 aromatic heterocycles. The highest BCUT2D eigenvalue weighted by Crippen LogP contribution is 2.11. The van der Waals surface area contributed by atoms with Gasteiger partial charge < -0.3 is 10.4 Å². The average molecular weight is 253 g/mol. The SMILES string of the molecule is Cc1n[nH]c(=O)c(C(=O)NC(C)(C)C(C)O)c1C. The van der Waals surface area contributed by atoms with E-state index in [1.807, 2.05) is 0 Å². The number of carbonyl (C=O) groups excluding carboxylic acids is 1. The Morgan fingerprint density at radius 1 is 1.44 bits per heavy atom. The molecule has 0 spiro atoms. The van der Waals surface area contributed by atoms with Crippen molar-refractivity contribution in [3.8, 4) is 0 Å². The quantitative estimate of drug-likeness (QED) is 0.721. The monoisotopic (exact) mass is 253 g/mol. The number of nitrogens with one attached hydrogen (secondary N) is 2. The summed E-state index contributed by atoms with van der Waals surface area (Å²) < 4.78 is 0. The Morgan fingerprint density at radius 3 is 2.50 bits per heavy atom. The van der Waals surface area contributed by atoms with E-state index in [0.717, 1.165) is 0 Å². The van der Waals surface area contributed by atoms with Crippen LogP contribution >= 0.6 is 0 Å². The van der Waals surface area contributed by atoms with Crippen LogP contribution in [0.15, 0.2) is 4.79 Å². The van der Waals surface area contributed by atoms with Crippen molar-refractivity contribution in [3.05, 3.63) is 27.2 Å². The molecule has 1 atom stereocenters. The van der Waals surface area contributed by atoms with E-state index in [0.29, 0.717) is 11.3 Å². The largest absolute Gasteiger partial charge is 0.391 e. The zero-order valence-electron chi connectivity index (χ0n) is 11.3. The van der Waals surface area contributed by atoms with Crippen LogP contribution in [0, 0.1) is 13.8 Å². The van der Waals surface area contributed by atoms with Gasteiger partial charge in [0.1, 0.15) is 5.56 Å². The highest BCUT2D eigenvalue weighted by molar-refractivity contribution is 5.95. The van der Waals surface area contributed by atoms with Crippen molar-refractivity contribution in [2.75, 3.05) is 0 Å². The third-order valence-electron chi connectivity index (χ3n) is 3.18. The summed E-state index contributed by atoms with van der Waals surface area (Å²) >= 11 is 0. The Hall–Kier alpha value is -1.69. The molecule has 100 valence electrons. The number of aliphatic hydroxyl groups excluding tert-OH is 1. The number of rotatable bonds is 3. The lowest BCUT2D eigenvalue weighted by atomic mass is 9.97. The van der Waals surface area contributed by atoms with Gasteiger partial charge in [-0.1, -0.05) is 0 Å². The molecule has 0 saturated carbocycles. The van der Waals surface area contributed by atoms with Gasteiger partial charge in [-0.2, -0.15) is 5.10 Å². The van der Waals surface area contributed by atoms with Crippen LogP contribution in [-0.4, -0.2) is 32.9 Å². The maximum absolute atomic E-state index is 12.1. The van der Waals surface area contributed by atoms with Gasteiger partial charge in [0.15, 0.2) is 0 Å². The molecule has 3 N–H and O–H groups in total. The van der Waals surface area contributed by atoms with Crippen molar-refractivity contribution in [1.29, 1.82) is 0 Å². The molecule has 1 heterocycles. The Bertz CT molecular complexity index is 518. The predicted octanol–water partition coefficient (Wildman–Crippen LogP) is 0.276. The lowest BCUT2D eigenvalue weighted by molar-refractivity contribution is 0.0707. The summed E-state index contributed by atoms with van der Waals surface area (Å²) in [5.41, 5.74) is -0.173. The average Bonchev–Trinajstić information content (AvgIpc) is 2.23. The second kappa shape index (κ2) is 4.89. The van der Waals surface area contributed by atoms with Gasteiger partial charge in [0.05, 0.1) is 17.3 Å². The van der Waals surface area contributed by atoms with Gasteiger partial charge in [-0.3, -0.25) is 9.59 Å². The molecular weight excluding hydrogens is 234 g/mol. The molecule has 1 rings (SSSR count). The normalized spacial score (nSPS) is 13.2.